The first-order valence-electron chi connectivity index (χ1n) is 5.20. The average molecular weight is 203 g/mol. The van der Waals surface area contributed by atoms with Crippen LogP contribution < -0.4 is 5.73 Å². The van der Waals surface area contributed by atoms with Crippen molar-refractivity contribution in [3.05, 3.63) is 0 Å². The highest BCUT2D eigenvalue weighted by Crippen LogP contribution is 2.27. The van der Waals surface area contributed by atoms with E-state index >= 15 is 0 Å². The Kier molecular flexibility index (Phi) is 5.83. The van der Waals surface area contributed by atoms with Crippen molar-refractivity contribution in [1.29, 1.82) is 0 Å². The number of rotatable bonds is 5. The second-order valence-electron chi connectivity index (χ2n) is 3.70. The summed E-state index contributed by atoms with van der Waals surface area (Å²) in [6.45, 7) is 0.884. The SMILES string of the molecule is COCCCSC1CCCCC1N. The van der Waals surface area contributed by atoms with Crippen molar-refractivity contribution in [2.75, 3.05) is 19.5 Å². The molecule has 0 aromatic rings. The van der Waals surface area contributed by atoms with Gasteiger partial charge in [0.05, 0.1) is 0 Å². The van der Waals surface area contributed by atoms with E-state index in [-0.39, 0.29) is 0 Å². The van der Waals surface area contributed by atoms with Gasteiger partial charge in [0.1, 0.15) is 0 Å². The van der Waals surface area contributed by atoms with E-state index in [2.05, 4.69) is 0 Å². The van der Waals surface area contributed by atoms with Gasteiger partial charge >= 0.3 is 0 Å². The molecule has 3 heteroatoms. The lowest BCUT2D eigenvalue weighted by Gasteiger charge is -2.27. The minimum Gasteiger partial charge on any atom is -0.385 e. The first-order valence-corrected chi connectivity index (χ1v) is 6.25. The maximum absolute atomic E-state index is 6.04. The summed E-state index contributed by atoms with van der Waals surface area (Å²) >= 11 is 2.04. The summed E-state index contributed by atoms with van der Waals surface area (Å²) in [6.07, 6.45) is 6.40. The monoisotopic (exact) mass is 203 g/mol. The van der Waals surface area contributed by atoms with Crippen LogP contribution in [0.1, 0.15) is 32.1 Å². The Bertz CT molecular complexity index is 132. The summed E-state index contributed by atoms with van der Waals surface area (Å²) < 4.78 is 5.01. The molecule has 1 fully saturated rings. The molecule has 0 radical (unpaired) electrons. The van der Waals surface area contributed by atoms with Crippen LogP contribution in [-0.2, 0) is 4.74 Å². The number of thioether (sulfide) groups is 1. The summed E-state index contributed by atoms with van der Waals surface area (Å²) in [7, 11) is 1.76. The molecule has 0 saturated heterocycles. The van der Waals surface area contributed by atoms with Gasteiger partial charge in [-0.25, -0.2) is 0 Å². The van der Waals surface area contributed by atoms with Crippen molar-refractivity contribution in [1.82, 2.24) is 0 Å². The van der Waals surface area contributed by atoms with Gasteiger partial charge in [-0.05, 0) is 25.0 Å². The van der Waals surface area contributed by atoms with E-state index in [0.29, 0.717) is 11.3 Å². The lowest BCUT2D eigenvalue weighted by molar-refractivity contribution is 0.200. The molecule has 2 N–H and O–H groups in total. The number of hydrogen-bond acceptors (Lipinski definition) is 3. The Morgan fingerprint density at radius 1 is 1.38 bits per heavy atom. The van der Waals surface area contributed by atoms with E-state index in [4.69, 9.17) is 10.5 Å². The van der Waals surface area contributed by atoms with Gasteiger partial charge in [-0.2, -0.15) is 11.8 Å². The van der Waals surface area contributed by atoms with Gasteiger partial charge in [0.2, 0.25) is 0 Å². The Morgan fingerprint density at radius 2 is 2.15 bits per heavy atom. The molecule has 2 unspecified atom stereocenters. The third-order valence-corrected chi connectivity index (χ3v) is 4.12. The predicted molar refractivity (Wildman–Crippen MR) is 59.2 cm³/mol. The Hall–Kier alpha value is 0.270. The van der Waals surface area contributed by atoms with Crippen LogP contribution in [0, 0.1) is 0 Å². The molecule has 0 amide bonds. The summed E-state index contributed by atoms with van der Waals surface area (Å²) in [4.78, 5) is 0. The van der Waals surface area contributed by atoms with Crippen LogP contribution in [0.15, 0.2) is 0 Å². The van der Waals surface area contributed by atoms with E-state index in [9.17, 15) is 0 Å². The van der Waals surface area contributed by atoms with Gasteiger partial charge in [-0.3, -0.25) is 0 Å². The largest absolute Gasteiger partial charge is 0.385 e. The summed E-state index contributed by atoms with van der Waals surface area (Å²) in [5, 5.41) is 0.714. The summed E-state index contributed by atoms with van der Waals surface area (Å²) in [5.41, 5.74) is 6.04. The van der Waals surface area contributed by atoms with Crippen molar-refractivity contribution in [3.63, 3.8) is 0 Å². The van der Waals surface area contributed by atoms with Gasteiger partial charge in [0, 0.05) is 25.0 Å². The molecular formula is C10H21NOS. The van der Waals surface area contributed by atoms with Gasteiger partial charge < -0.3 is 10.5 Å². The molecule has 1 aliphatic carbocycles. The third-order valence-electron chi connectivity index (χ3n) is 2.58. The summed E-state index contributed by atoms with van der Waals surface area (Å²) in [6, 6.07) is 0.446. The fourth-order valence-electron chi connectivity index (χ4n) is 1.77. The van der Waals surface area contributed by atoms with Crippen LogP contribution in [0.2, 0.25) is 0 Å². The minimum absolute atomic E-state index is 0.446. The van der Waals surface area contributed by atoms with Gasteiger partial charge in [-0.1, -0.05) is 12.8 Å². The molecule has 2 atom stereocenters. The molecule has 2 nitrogen and oxygen atoms in total. The fourth-order valence-corrected chi connectivity index (χ4v) is 3.07. The van der Waals surface area contributed by atoms with Crippen LogP contribution in [0.4, 0.5) is 0 Å². The Balaban J connectivity index is 2.05. The van der Waals surface area contributed by atoms with E-state index in [1.165, 1.54) is 31.4 Å². The van der Waals surface area contributed by atoms with Gasteiger partial charge in [0.15, 0.2) is 0 Å². The minimum atomic E-state index is 0.446. The number of hydrogen-bond donors (Lipinski definition) is 1. The van der Waals surface area contributed by atoms with E-state index in [1.807, 2.05) is 11.8 Å². The zero-order chi connectivity index (χ0) is 9.52. The lowest BCUT2D eigenvalue weighted by Crippen LogP contribution is -2.35. The van der Waals surface area contributed by atoms with Crippen molar-refractivity contribution >= 4 is 11.8 Å². The maximum atomic E-state index is 6.04. The Labute approximate surface area is 85.6 Å². The standard InChI is InChI=1S/C10H21NOS/c1-12-7-4-8-13-10-6-3-2-5-9(10)11/h9-10H,2-8,11H2,1H3. The van der Waals surface area contributed by atoms with E-state index in [0.717, 1.165) is 13.0 Å². The van der Waals surface area contributed by atoms with Gasteiger partial charge in [0.25, 0.3) is 0 Å². The van der Waals surface area contributed by atoms with Crippen molar-refractivity contribution < 1.29 is 4.74 Å². The van der Waals surface area contributed by atoms with Crippen molar-refractivity contribution in [2.45, 2.75) is 43.4 Å². The predicted octanol–water partition coefficient (Wildman–Crippen LogP) is 2.03. The van der Waals surface area contributed by atoms with E-state index in [1.54, 1.807) is 7.11 Å². The van der Waals surface area contributed by atoms with Crippen LogP contribution in [0.25, 0.3) is 0 Å². The molecule has 0 aromatic carbocycles. The highest BCUT2D eigenvalue weighted by atomic mass is 32.2. The number of methoxy groups -OCH3 is 1. The summed E-state index contributed by atoms with van der Waals surface area (Å²) in [5.74, 6) is 1.20. The van der Waals surface area contributed by atoms with Gasteiger partial charge in [-0.15, -0.1) is 0 Å². The molecule has 1 rings (SSSR count). The maximum Gasteiger partial charge on any atom is 0.0470 e. The van der Waals surface area contributed by atoms with Crippen LogP contribution in [0.5, 0.6) is 0 Å². The molecule has 1 aliphatic rings. The van der Waals surface area contributed by atoms with E-state index < -0.39 is 0 Å². The number of nitrogens with two attached hydrogens (primary N) is 1. The molecule has 0 spiro atoms. The zero-order valence-corrected chi connectivity index (χ0v) is 9.31. The molecule has 0 bridgehead atoms. The molecule has 0 aromatic heterocycles. The molecule has 13 heavy (non-hydrogen) atoms. The normalized spacial score (nSPS) is 29.1. The lowest BCUT2D eigenvalue weighted by atomic mass is 9.96. The first kappa shape index (κ1) is 11.3. The number of ether oxygens (including phenoxy) is 1. The zero-order valence-electron chi connectivity index (χ0n) is 8.50. The van der Waals surface area contributed by atoms with Crippen LogP contribution >= 0.6 is 11.8 Å². The van der Waals surface area contributed by atoms with Crippen LogP contribution in [-0.4, -0.2) is 30.8 Å². The average Bonchev–Trinajstić information content (AvgIpc) is 2.15. The molecule has 1 saturated carbocycles. The third kappa shape index (κ3) is 4.34. The molecule has 78 valence electrons. The van der Waals surface area contributed by atoms with Crippen molar-refractivity contribution in [3.8, 4) is 0 Å². The molecular weight excluding hydrogens is 182 g/mol. The molecule has 0 heterocycles. The highest BCUT2D eigenvalue weighted by molar-refractivity contribution is 7.99. The topological polar surface area (TPSA) is 35.2 Å². The first-order chi connectivity index (χ1) is 6.34. The van der Waals surface area contributed by atoms with Crippen LogP contribution in [0.3, 0.4) is 0 Å². The smallest absolute Gasteiger partial charge is 0.0470 e. The second kappa shape index (κ2) is 6.68. The highest BCUT2D eigenvalue weighted by Gasteiger charge is 2.21. The molecule has 0 aliphatic heterocycles. The van der Waals surface area contributed by atoms with Crippen molar-refractivity contribution in [2.24, 2.45) is 5.73 Å². The quantitative estimate of drug-likeness (QED) is 0.694. The Morgan fingerprint density at radius 3 is 2.85 bits per heavy atom. The second-order valence-corrected chi connectivity index (χ2v) is 5.05. The fraction of sp³-hybridized carbons (Fsp3) is 1.00.